The summed E-state index contributed by atoms with van der Waals surface area (Å²) in [6.07, 6.45) is 8.37. The molecule has 0 heterocycles. The molecule has 0 fully saturated rings. The highest BCUT2D eigenvalue weighted by atomic mass is 14.3. The standard InChI is InChI=1S/C13H28/c1-6-8-10-12(11-9-7-2)13(3,4)5/h12H,6-11H2,1-5H3. The van der Waals surface area contributed by atoms with Crippen molar-refractivity contribution >= 4 is 0 Å². The molecule has 0 nitrogen and oxygen atoms in total. The van der Waals surface area contributed by atoms with Crippen molar-refractivity contribution in [2.75, 3.05) is 0 Å². The molecule has 0 bridgehead atoms. The lowest BCUT2D eigenvalue weighted by Crippen LogP contribution is -2.20. The Morgan fingerprint density at radius 1 is 0.846 bits per heavy atom. The minimum absolute atomic E-state index is 0.518. The number of hydrogen-bond acceptors (Lipinski definition) is 0. The van der Waals surface area contributed by atoms with E-state index in [0.29, 0.717) is 5.41 Å². The van der Waals surface area contributed by atoms with Crippen LogP contribution in [-0.4, -0.2) is 0 Å². The van der Waals surface area contributed by atoms with Crippen LogP contribution < -0.4 is 0 Å². The summed E-state index contributed by atoms with van der Waals surface area (Å²) in [6.45, 7) is 11.8. The Labute approximate surface area is 85.1 Å². The number of hydrogen-bond donors (Lipinski definition) is 0. The lowest BCUT2D eigenvalue weighted by atomic mass is 9.75. The van der Waals surface area contributed by atoms with Gasteiger partial charge in [0.15, 0.2) is 0 Å². The van der Waals surface area contributed by atoms with Gasteiger partial charge in [-0.3, -0.25) is 0 Å². The zero-order valence-electron chi connectivity index (χ0n) is 10.3. The van der Waals surface area contributed by atoms with Crippen molar-refractivity contribution in [3.05, 3.63) is 0 Å². The Kier molecular flexibility index (Phi) is 6.45. The fourth-order valence-corrected chi connectivity index (χ4v) is 1.91. The first-order valence-electron chi connectivity index (χ1n) is 6.02. The highest BCUT2D eigenvalue weighted by Gasteiger charge is 2.22. The predicted molar refractivity (Wildman–Crippen MR) is 62.0 cm³/mol. The SMILES string of the molecule is CCCCC(CCCC)C(C)(C)C. The van der Waals surface area contributed by atoms with E-state index in [1.54, 1.807) is 0 Å². The van der Waals surface area contributed by atoms with Crippen molar-refractivity contribution in [1.82, 2.24) is 0 Å². The molecule has 0 unspecified atom stereocenters. The molecule has 0 heteroatoms. The maximum absolute atomic E-state index is 2.39. The second kappa shape index (κ2) is 6.45. The molecule has 0 radical (unpaired) electrons. The summed E-state index contributed by atoms with van der Waals surface area (Å²) in [7, 11) is 0. The number of unbranched alkanes of at least 4 members (excludes halogenated alkanes) is 2. The minimum atomic E-state index is 0.518. The molecule has 0 amide bonds. The molecule has 0 saturated carbocycles. The van der Waals surface area contributed by atoms with Gasteiger partial charge in [0.2, 0.25) is 0 Å². The van der Waals surface area contributed by atoms with E-state index in [-0.39, 0.29) is 0 Å². The zero-order chi connectivity index (χ0) is 10.3. The second-order valence-corrected chi connectivity index (χ2v) is 5.35. The summed E-state index contributed by atoms with van der Waals surface area (Å²) >= 11 is 0. The van der Waals surface area contributed by atoms with Crippen LogP contribution in [0.1, 0.15) is 73.1 Å². The lowest BCUT2D eigenvalue weighted by molar-refractivity contribution is 0.203. The topological polar surface area (TPSA) is 0 Å². The molecule has 0 aliphatic carbocycles. The molecule has 0 atom stereocenters. The highest BCUT2D eigenvalue weighted by molar-refractivity contribution is 4.73. The largest absolute Gasteiger partial charge is 0.0654 e. The molecule has 0 saturated heterocycles. The summed E-state index contributed by atoms with van der Waals surface area (Å²) < 4.78 is 0. The van der Waals surface area contributed by atoms with Gasteiger partial charge in [-0.25, -0.2) is 0 Å². The summed E-state index contributed by atoms with van der Waals surface area (Å²) in [4.78, 5) is 0. The molecule has 0 aromatic rings. The van der Waals surface area contributed by atoms with Crippen LogP contribution in [0.15, 0.2) is 0 Å². The van der Waals surface area contributed by atoms with Crippen LogP contribution in [0.5, 0.6) is 0 Å². The first-order valence-corrected chi connectivity index (χ1v) is 6.02. The van der Waals surface area contributed by atoms with Crippen molar-refractivity contribution in [1.29, 1.82) is 0 Å². The first-order chi connectivity index (χ1) is 6.02. The third-order valence-corrected chi connectivity index (χ3v) is 3.04. The van der Waals surface area contributed by atoms with Gasteiger partial charge in [-0.1, -0.05) is 60.3 Å². The van der Waals surface area contributed by atoms with Gasteiger partial charge in [-0.15, -0.1) is 0 Å². The Morgan fingerprint density at radius 2 is 1.23 bits per heavy atom. The Bertz CT molecular complexity index is 99.7. The maximum atomic E-state index is 2.39. The predicted octanol–water partition coefficient (Wildman–Crippen LogP) is 5.03. The van der Waals surface area contributed by atoms with E-state index in [2.05, 4.69) is 34.6 Å². The van der Waals surface area contributed by atoms with Crippen LogP contribution >= 0.6 is 0 Å². The van der Waals surface area contributed by atoms with E-state index in [1.807, 2.05) is 0 Å². The highest BCUT2D eigenvalue weighted by Crippen LogP contribution is 2.33. The fraction of sp³-hybridized carbons (Fsp3) is 1.00. The van der Waals surface area contributed by atoms with Crippen molar-refractivity contribution in [3.63, 3.8) is 0 Å². The average molecular weight is 184 g/mol. The quantitative estimate of drug-likeness (QED) is 0.543. The molecular weight excluding hydrogens is 156 g/mol. The van der Waals surface area contributed by atoms with E-state index < -0.39 is 0 Å². The zero-order valence-corrected chi connectivity index (χ0v) is 10.3. The van der Waals surface area contributed by atoms with Gasteiger partial charge < -0.3 is 0 Å². The maximum Gasteiger partial charge on any atom is -0.0354 e. The van der Waals surface area contributed by atoms with Crippen molar-refractivity contribution in [2.24, 2.45) is 11.3 Å². The van der Waals surface area contributed by atoms with Crippen LogP contribution in [-0.2, 0) is 0 Å². The van der Waals surface area contributed by atoms with Crippen molar-refractivity contribution < 1.29 is 0 Å². The van der Waals surface area contributed by atoms with Gasteiger partial charge in [0.25, 0.3) is 0 Å². The summed E-state index contributed by atoms with van der Waals surface area (Å²) in [5.41, 5.74) is 0.518. The van der Waals surface area contributed by atoms with E-state index in [0.717, 1.165) is 5.92 Å². The normalized spacial score (nSPS) is 12.5. The Hall–Kier alpha value is 0. The summed E-state index contributed by atoms with van der Waals surface area (Å²) in [5.74, 6) is 0.937. The second-order valence-electron chi connectivity index (χ2n) is 5.35. The minimum Gasteiger partial charge on any atom is -0.0654 e. The molecule has 0 spiro atoms. The summed E-state index contributed by atoms with van der Waals surface area (Å²) in [5, 5.41) is 0. The van der Waals surface area contributed by atoms with Crippen LogP contribution in [0.2, 0.25) is 0 Å². The van der Waals surface area contributed by atoms with Gasteiger partial charge in [0, 0.05) is 0 Å². The first kappa shape index (κ1) is 13.0. The van der Waals surface area contributed by atoms with E-state index in [9.17, 15) is 0 Å². The van der Waals surface area contributed by atoms with Crippen molar-refractivity contribution in [2.45, 2.75) is 73.1 Å². The van der Waals surface area contributed by atoms with Crippen LogP contribution in [0.25, 0.3) is 0 Å². The van der Waals surface area contributed by atoms with E-state index >= 15 is 0 Å². The van der Waals surface area contributed by atoms with Crippen LogP contribution in [0.3, 0.4) is 0 Å². The van der Waals surface area contributed by atoms with Crippen LogP contribution in [0, 0.1) is 11.3 Å². The molecule has 80 valence electrons. The molecule has 0 aromatic carbocycles. The molecule has 0 aliphatic heterocycles. The lowest BCUT2D eigenvalue weighted by Gasteiger charge is -2.30. The van der Waals surface area contributed by atoms with Gasteiger partial charge in [-0.05, 0) is 24.2 Å². The molecule has 0 N–H and O–H groups in total. The summed E-state index contributed by atoms with van der Waals surface area (Å²) in [6, 6.07) is 0. The Morgan fingerprint density at radius 3 is 1.46 bits per heavy atom. The molecule has 13 heavy (non-hydrogen) atoms. The third kappa shape index (κ3) is 6.12. The molecule has 0 aliphatic rings. The fourth-order valence-electron chi connectivity index (χ4n) is 1.91. The smallest absolute Gasteiger partial charge is 0.0354 e. The monoisotopic (exact) mass is 184 g/mol. The third-order valence-electron chi connectivity index (χ3n) is 3.04. The van der Waals surface area contributed by atoms with Gasteiger partial charge in [0.05, 0.1) is 0 Å². The van der Waals surface area contributed by atoms with Crippen molar-refractivity contribution in [3.8, 4) is 0 Å². The average Bonchev–Trinajstić information content (AvgIpc) is 2.02. The van der Waals surface area contributed by atoms with Gasteiger partial charge in [0.1, 0.15) is 0 Å². The van der Waals surface area contributed by atoms with Gasteiger partial charge >= 0.3 is 0 Å². The van der Waals surface area contributed by atoms with Gasteiger partial charge in [-0.2, -0.15) is 0 Å². The number of rotatable bonds is 6. The molecule has 0 aromatic heterocycles. The van der Waals surface area contributed by atoms with E-state index in [1.165, 1.54) is 38.5 Å². The molecule has 0 rings (SSSR count). The molecular formula is C13H28. The van der Waals surface area contributed by atoms with E-state index in [4.69, 9.17) is 0 Å². The Balaban J connectivity index is 3.88. The van der Waals surface area contributed by atoms with Crippen LogP contribution in [0.4, 0.5) is 0 Å².